The van der Waals surface area contributed by atoms with Crippen molar-refractivity contribution in [2.24, 2.45) is 5.73 Å². The molecule has 13 heavy (non-hydrogen) atoms. The number of nitrogens with one attached hydrogen (secondary N) is 2. The fourth-order valence-electron chi connectivity index (χ4n) is 0.740. The minimum absolute atomic E-state index is 0.264. The smallest absolute Gasteiger partial charge is 0.321 e. The van der Waals surface area contributed by atoms with Crippen molar-refractivity contribution in [1.29, 1.82) is 0 Å². The molecule has 0 spiro atoms. The Kier molecular flexibility index (Phi) is 3.66. The second-order valence-electron chi connectivity index (χ2n) is 2.45. The molecule has 2 amide bonds. The Hall–Kier alpha value is -1.14. The molecule has 0 atom stereocenters. The highest BCUT2D eigenvalue weighted by Crippen LogP contribution is 2.15. The van der Waals surface area contributed by atoms with Crippen molar-refractivity contribution in [2.45, 2.75) is 6.92 Å². The van der Waals surface area contributed by atoms with E-state index in [0.29, 0.717) is 18.2 Å². The molecule has 0 aromatic carbocycles. The van der Waals surface area contributed by atoms with E-state index in [2.05, 4.69) is 15.6 Å². The normalized spacial score (nSPS) is 9.69. The summed E-state index contributed by atoms with van der Waals surface area (Å²) in [6.07, 6.45) is 1.71. The molecular weight excluding hydrogens is 188 g/mol. The van der Waals surface area contributed by atoms with Crippen molar-refractivity contribution in [1.82, 2.24) is 10.3 Å². The Morgan fingerprint density at radius 1 is 1.77 bits per heavy atom. The topological polar surface area (TPSA) is 80.0 Å². The highest BCUT2D eigenvalue weighted by Gasteiger charge is 2.02. The van der Waals surface area contributed by atoms with Gasteiger partial charge in [0.05, 0.1) is 0 Å². The van der Waals surface area contributed by atoms with Crippen molar-refractivity contribution in [3.05, 3.63) is 11.1 Å². The first-order valence-corrected chi connectivity index (χ1v) is 4.71. The van der Waals surface area contributed by atoms with Crippen LogP contribution < -0.4 is 16.4 Å². The third-order valence-electron chi connectivity index (χ3n) is 1.27. The maximum Gasteiger partial charge on any atom is 0.321 e. The summed E-state index contributed by atoms with van der Waals surface area (Å²) in [5.41, 5.74) is 5.22. The Bertz CT molecular complexity index is 286. The highest BCUT2D eigenvalue weighted by atomic mass is 32.1. The van der Waals surface area contributed by atoms with Gasteiger partial charge in [-0.1, -0.05) is 0 Å². The van der Waals surface area contributed by atoms with E-state index in [1.807, 2.05) is 6.92 Å². The monoisotopic (exact) mass is 200 g/mol. The molecule has 0 radical (unpaired) electrons. The van der Waals surface area contributed by atoms with E-state index in [-0.39, 0.29) is 6.03 Å². The number of amides is 2. The number of thiazole rings is 1. The lowest BCUT2D eigenvalue weighted by Crippen LogP contribution is -2.32. The van der Waals surface area contributed by atoms with Crippen molar-refractivity contribution < 1.29 is 4.79 Å². The standard InChI is InChI=1S/C7H12N4OS/c1-5-4-10-7(13-5)11-6(12)9-3-2-8/h4H,2-3,8H2,1H3,(H2,9,10,11,12). The third-order valence-corrected chi connectivity index (χ3v) is 2.10. The SMILES string of the molecule is Cc1cnc(NC(=O)NCCN)s1. The Morgan fingerprint density at radius 2 is 2.54 bits per heavy atom. The van der Waals surface area contributed by atoms with E-state index >= 15 is 0 Å². The van der Waals surface area contributed by atoms with Crippen LogP contribution in [0.2, 0.25) is 0 Å². The fraction of sp³-hybridized carbons (Fsp3) is 0.429. The van der Waals surface area contributed by atoms with E-state index in [1.54, 1.807) is 6.20 Å². The largest absolute Gasteiger partial charge is 0.337 e. The number of aryl methyl sites for hydroxylation is 1. The first kappa shape index (κ1) is 9.94. The number of anilines is 1. The molecule has 0 saturated carbocycles. The van der Waals surface area contributed by atoms with E-state index < -0.39 is 0 Å². The Balaban J connectivity index is 2.36. The number of carbonyl (C=O) groups is 1. The summed E-state index contributed by atoms with van der Waals surface area (Å²) in [7, 11) is 0. The second kappa shape index (κ2) is 4.78. The molecule has 4 N–H and O–H groups in total. The van der Waals surface area contributed by atoms with E-state index in [0.717, 1.165) is 4.88 Å². The fourth-order valence-corrected chi connectivity index (χ4v) is 1.40. The van der Waals surface area contributed by atoms with Crippen LogP contribution in [0.25, 0.3) is 0 Å². The molecule has 1 aromatic rings. The molecular formula is C7H12N4OS. The second-order valence-corrected chi connectivity index (χ2v) is 3.68. The lowest BCUT2D eigenvalue weighted by molar-refractivity contribution is 0.252. The first-order valence-electron chi connectivity index (χ1n) is 3.89. The van der Waals surface area contributed by atoms with E-state index in [4.69, 9.17) is 5.73 Å². The zero-order valence-corrected chi connectivity index (χ0v) is 8.15. The molecule has 1 rings (SSSR count). The van der Waals surface area contributed by atoms with Crippen molar-refractivity contribution in [3.63, 3.8) is 0 Å². The van der Waals surface area contributed by atoms with Gasteiger partial charge in [-0.15, -0.1) is 11.3 Å². The number of aromatic nitrogens is 1. The van der Waals surface area contributed by atoms with E-state index in [1.165, 1.54) is 11.3 Å². The zero-order valence-electron chi connectivity index (χ0n) is 7.33. The summed E-state index contributed by atoms with van der Waals surface area (Å²) < 4.78 is 0. The van der Waals surface area contributed by atoms with Gasteiger partial charge in [-0.05, 0) is 6.92 Å². The van der Waals surface area contributed by atoms with Crippen LogP contribution in [0.1, 0.15) is 4.88 Å². The number of rotatable bonds is 3. The summed E-state index contributed by atoms with van der Waals surface area (Å²) in [4.78, 5) is 16.1. The van der Waals surface area contributed by atoms with Gasteiger partial charge in [0.25, 0.3) is 0 Å². The van der Waals surface area contributed by atoms with Crippen molar-refractivity contribution in [3.8, 4) is 0 Å². The average Bonchev–Trinajstić information content (AvgIpc) is 2.48. The third kappa shape index (κ3) is 3.39. The lowest BCUT2D eigenvalue weighted by atomic mass is 10.6. The molecule has 5 nitrogen and oxygen atoms in total. The highest BCUT2D eigenvalue weighted by molar-refractivity contribution is 7.15. The van der Waals surface area contributed by atoms with E-state index in [9.17, 15) is 4.79 Å². The van der Waals surface area contributed by atoms with Crippen LogP contribution in [0.5, 0.6) is 0 Å². The number of nitrogens with two attached hydrogens (primary N) is 1. The maximum atomic E-state index is 11.1. The molecule has 0 fully saturated rings. The van der Waals surface area contributed by atoms with Crippen molar-refractivity contribution >= 4 is 22.5 Å². The number of nitrogens with zero attached hydrogens (tertiary/aromatic N) is 1. The molecule has 0 aliphatic rings. The van der Waals surface area contributed by atoms with Crippen molar-refractivity contribution in [2.75, 3.05) is 18.4 Å². The van der Waals surface area contributed by atoms with Gasteiger partial charge in [-0.3, -0.25) is 5.32 Å². The molecule has 1 heterocycles. The minimum atomic E-state index is -0.264. The van der Waals surface area contributed by atoms with Crippen LogP contribution >= 0.6 is 11.3 Å². The van der Waals surface area contributed by atoms with Gasteiger partial charge in [-0.25, -0.2) is 9.78 Å². The maximum absolute atomic E-state index is 11.1. The van der Waals surface area contributed by atoms with Gasteiger partial charge in [0.1, 0.15) is 0 Å². The first-order chi connectivity index (χ1) is 6.22. The number of hydrogen-bond acceptors (Lipinski definition) is 4. The molecule has 0 saturated heterocycles. The van der Waals surface area contributed by atoms with Gasteiger partial charge in [0.2, 0.25) is 0 Å². The van der Waals surface area contributed by atoms with Gasteiger partial charge in [0, 0.05) is 24.2 Å². The molecule has 1 aromatic heterocycles. The lowest BCUT2D eigenvalue weighted by Gasteiger charge is -2.02. The summed E-state index contributed by atoms with van der Waals surface area (Å²) in [6.45, 7) is 2.83. The molecule has 0 bridgehead atoms. The van der Waals surface area contributed by atoms with Crippen LogP contribution in [0.15, 0.2) is 6.20 Å². The zero-order chi connectivity index (χ0) is 9.68. The summed E-state index contributed by atoms with van der Waals surface area (Å²) in [5.74, 6) is 0. The van der Waals surface area contributed by atoms with Gasteiger partial charge in [-0.2, -0.15) is 0 Å². The van der Waals surface area contributed by atoms with Crippen LogP contribution in [0, 0.1) is 6.92 Å². The van der Waals surface area contributed by atoms with Crippen LogP contribution in [-0.4, -0.2) is 24.1 Å². The van der Waals surface area contributed by atoms with Crippen LogP contribution in [0.3, 0.4) is 0 Å². The number of hydrogen-bond donors (Lipinski definition) is 3. The van der Waals surface area contributed by atoms with Crippen LogP contribution in [0.4, 0.5) is 9.93 Å². The Morgan fingerprint density at radius 3 is 3.08 bits per heavy atom. The molecule has 0 unspecified atom stereocenters. The summed E-state index contributed by atoms with van der Waals surface area (Å²) >= 11 is 1.44. The van der Waals surface area contributed by atoms with Gasteiger partial charge < -0.3 is 11.1 Å². The summed E-state index contributed by atoms with van der Waals surface area (Å²) in [6, 6.07) is -0.264. The number of urea groups is 1. The predicted molar refractivity (Wildman–Crippen MR) is 52.9 cm³/mol. The Labute approximate surface area is 80.4 Å². The van der Waals surface area contributed by atoms with Crippen LogP contribution in [-0.2, 0) is 0 Å². The molecule has 0 aliphatic heterocycles. The molecule has 72 valence electrons. The minimum Gasteiger partial charge on any atom is -0.337 e. The average molecular weight is 200 g/mol. The summed E-state index contributed by atoms with van der Waals surface area (Å²) in [5, 5.41) is 5.78. The molecule has 6 heteroatoms. The quantitative estimate of drug-likeness (QED) is 0.666. The number of carbonyl (C=O) groups excluding carboxylic acids is 1. The predicted octanol–water partition coefficient (Wildman–Crippen LogP) is 0.532. The van der Waals surface area contributed by atoms with Gasteiger partial charge in [0.15, 0.2) is 5.13 Å². The van der Waals surface area contributed by atoms with Gasteiger partial charge >= 0.3 is 6.03 Å². The molecule has 0 aliphatic carbocycles.